The quantitative estimate of drug-likeness (QED) is 0.656. The second-order valence-electron chi connectivity index (χ2n) is 8.23. The van der Waals surface area contributed by atoms with Crippen LogP contribution in [0.25, 0.3) is 0 Å². The number of amides is 1. The van der Waals surface area contributed by atoms with Crippen molar-refractivity contribution >= 4 is 17.4 Å². The fourth-order valence-corrected chi connectivity index (χ4v) is 3.93. The van der Waals surface area contributed by atoms with E-state index in [0.29, 0.717) is 18.7 Å². The van der Waals surface area contributed by atoms with Gasteiger partial charge >= 0.3 is 0 Å². The van der Waals surface area contributed by atoms with Crippen LogP contribution in [0, 0.1) is 18.7 Å². The lowest BCUT2D eigenvalue weighted by Gasteiger charge is -2.36. The summed E-state index contributed by atoms with van der Waals surface area (Å²) in [7, 11) is 1.91. The molecule has 0 spiro atoms. The highest BCUT2D eigenvalue weighted by Gasteiger charge is 2.35. The standard InChI is InChI=1S/C22H26FN7O/c1-13(2)20-22(31)28-19-14(3)26-18(27-21(19)29(20)4)8-5-15-9-25-30(11-15)12-17-7-6-16(23)10-24-17/h6-7,9-11,13,20H,5,8,12H2,1-4H3,(H,28,31)/t20-/m0/s1. The lowest BCUT2D eigenvalue weighted by molar-refractivity contribution is -0.118. The van der Waals surface area contributed by atoms with Crippen LogP contribution >= 0.6 is 0 Å². The lowest BCUT2D eigenvalue weighted by Crippen LogP contribution is -2.49. The van der Waals surface area contributed by atoms with Crippen molar-refractivity contribution < 1.29 is 9.18 Å². The number of fused-ring (bicyclic) bond motifs is 1. The molecule has 8 nitrogen and oxygen atoms in total. The Kier molecular flexibility index (Phi) is 5.67. The average Bonchev–Trinajstić information content (AvgIpc) is 3.16. The Morgan fingerprint density at radius 2 is 2.00 bits per heavy atom. The van der Waals surface area contributed by atoms with Crippen molar-refractivity contribution in [1.82, 2.24) is 24.7 Å². The molecule has 0 bridgehead atoms. The molecule has 1 atom stereocenters. The molecule has 9 heteroatoms. The molecule has 0 aliphatic carbocycles. The molecule has 0 saturated heterocycles. The normalized spacial score (nSPS) is 15.9. The summed E-state index contributed by atoms with van der Waals surface area (Å²) in [6.07, 6.45) is 6.37. The van der Waals surface area contributed by atoms with E-state index in [1.807, 2.05) is 45.1 Å². The summed E-state index contributed by atoms with van der Waals surface area (Å²) in [6, 6.07) is 2.79. The van der Waals surface area contributed by atoms with E-state index in [-0.39, 0.29) is 23.7 Å². The predicted molar refractivity (Wildman–Crippen MR) is 115 cm³/mol. The van der Waals surface area contributed by atoms with Crippen molar-refractivity contribution in [2.45, 2.75) is 46.2 Å². The fraction of sp³-hybridized carbons (Fsp3) is 0.409. The zero-order valence-corrected chi connectivity index (χ0v) is 18.1. The zero-order valence-electron chi connectivity index (χ0n) is 18.1. The summed E-state index contributed by atoms with van der Waals surface area (Å²) in [5.41, 5.74) is 3.26. The van der Waals surface area contributed by atoms with Crippen molar-refractivity contribution in [2.75, 3.05) is 17.3 Å². The third-order valence-corrected chi connectivity index (χ3v) is 5.45. The van der Waals surface area contributed by atoms with Gasteiger partial charge in [0, 0.05) is 19.7 Å². The van der Waals surface area contributed by atoms with E-state index < -0.39 is 0 Å². The second-order valence-corrected chi connectivity index (χ2v) is 8.23. The van der Waals surface area contributed by atoms with E-state index in [9.17, 15) is 9.18 Å². The Hall–Kier alpha value is -3.36. The van der Waals surface area contributed by atoms with Crippen LogP contribution in [-0.2, 0) is 24.2 Å². The molecule has 0 radical (unpaired) electrons. The predicted octanol–water partition coefficient (Wildman–Crippen LogP) is 2.76. The molecule has 4 heterocycles. The molecule has 0 unspecified atom stereocenters. The maximum Gasteiger partial charge on any atom is 0.247 e. The summed E-state index contributed by atoms with van der Waals surface area (Å²) in [4.78, 5) is 27.8. The van der Waals surface area contributed by atoms with Gasteiger partial charge in [0.2, 0.25) is 5.91 Å². The third-order valence-electron chi connectivity index (χ3n) is 5.45. The molecule has 1 N–H and O–H groups in total. The average molecular weight is 423 g/mol. The number of halogens is 1. The van der Waals surface area contributed by atoms with E-state index in [1.54, 1.807) is 10.7 Å². The van der Waals surface area contributed by atoms with Gasteiger partial charge in [-0.3, -0.25) is 14.5 Å². The number of anilines is 2. The van der Waals surface area contributed by atoms with Crippen LogP contribution in [0.3, 0.4) is 0 Å². The number of nitrogens with one attached hydrogen (secondary N) is 1. The summed E-state index contributed by atoms with van der Waals surface area (Å²) in [5, 5.41) is 7.34. The van der Waals surface area contributed by atoms with E-state index in [4.69, 9.17) is 4.98 Å². The van der Waals surface area contributed by atoms with Gasteiger partial charge < -0.3 is 10.2 Å². The summed E-state index contributed by atoms with van der Waals surface area (Å²) in [6.45, 7) is 6.43. The molecular formula is C22H26FN7O. The largest absolute Gasteiger partial charge is 0.346 e. The van der Waals surface area contributed by atoms with Crippen LogP contribution < -0.4 is 10.2 Å². The van der Waals surface area contributed by atoms with Crippen LogP contribution in [0.5, 0.6) is 0 Å². The van der Waals surface area contributed by atoms with Crippen molar-refractivity contribution in [1.29, 1.82) is 0 Å². The number of aromatic nitrogens is 5. The third kappa shape index (κ3) is 4.40. The van der Waals surface area contributed by atoms with Gasteiger partial charge in [-0.05, 0) is 37.0 Å². The van der Waals surface area contributed by atoms with Crippen molar-refractivity contribution in [2.24, 2.45) is 5.92 Å². The minimum atomic E-state index is -0.352. The second kappa shape index (κ2) is 8.41. The first-order valence-corrected chi connectivity index (χ1v) is 10.3. The lowest BCUT2D eigenvalue weighted by atomic mass is 9.99. The van der Waals surface area contributed by atoms with Crippen LogP contribution in [0.2, 0.25) is 0 Å². The molecule has 31 heavy (non-hydrogen) atoms. The summed E-state index contributed by atoms with van der Waals surface area (Å²) < 4.78 is 14.8. The van der Waals surface area contributed by atoms with Gasteiger partial charge in [-0.25, -0.2) is 14.4 Å². The molecule has 162 valence electrons. The van der Waals surface area contributed by atoms with Gasteiger partial charge in [0.1, 0.15) is 23.4 Å². The number of hydrogen-bond acceptors (Lipinski definition) is 6. The Morgan fingerprint density at radius 3 is 2.71 bits per heavy atom. The van der Waals surface area contributed by atoms with Gasteiger partial charge in [-0.2, -0.15) is 5.10 Å². The van der Waals surface area contributed by atoms with Crippen molar-refractivity contribution in [3.05, 3.63) is 59.3 Å². The topological polar surface area (TPSA) is 88.8 Å². The van der Waals surface area contributed by atoms with Crippen molar-refractivity contribution in [3.8, 4) is 0 Å². The molecule has 3 aromatic heterocycles. The van der Waals surface area contributed by atoms with E-state index in [0.717, 1.165) is 35.0 Å². The van der Waals surface area contributed by atoms with E-state index in [2.05, 4.69) is 20.4 Å². The molecule has 0 fully saturated rings. The number of rotatable bonds is 6. The first-order chi connectivity index (χ1) is 14.8. The van der Waals surface area contributed by atoms with Gasteiger partial charge in [0.05, 0.1) is 30.3 Å². The molecule has 1 aliphatic heterocycles. The first-order valence-electron chi connectivity index (χ1n) is 10.3. The minimum absolute atomic E-state index is 0.0208. The number of carbonyl (C=O) groups excluding carboxylic acids is 1. The minimum Gasteiger partial charge on any atom is -0.346 e. The molecule has 1 aliphatic rings. The monoisotopic (exact) mass is 423 g/mol. The zero-order chi connectivity index (χ0) is 22.1. The van der Waals surface area contributed by atoms with Crippen molar-refractivity contribution in [3.63, 3.8) is 0 Å². The van der Waals surface area contributed by atoms with Gasteiger partial charge in [-0.15, -0.1) is 0 Å². The maximum absolute atomic E-state index is 13.0. The molecule has 1 amide bonds. The van der Waals surface area contributed by atoms with Gasteiger partial charge in [-0.1, -0.05) is 13.8 Å². The highest BCUT2D eigenvalue weighted by Crippen LogP contribution is 2.33. The number of carbonyl (C=O) groups is 1. The molecule has 0 aromatic carbocycles. The number of aryl methyl sites for hydroxylation is 3. The number of pyridine rings is 1. The number of hydrogen-bond donors (Lipinski definition) is 1. The Labute approximate surface area is 180 Å². The maximum atomic E-state index is 13.0. The van der Waals surface area contributed by atoms with E-state index in [1.165, 1.54) is 12.3 Å². The van der Waals surface area contributed by atoms with Crippen LogP contribution in [-0.4, -0.2) is 43.7 Å². The summed E-state index contributed by atoms with van der Waals surface area (Å²) in [5.74, 6) is 1.29. The van der Waals surface area contributed by atoms with Crippen LogP contribution in [0.15, 0.2) is 30.7 Å². The molecule has 4 rings (SSSR count). The first kappa shape index (κ1) is 20.9. The van der Waals surface area contributed by atoms with Crippen LogP contribution in [0.1, 0.15) is 36.6 Å². The highest BCUT2D eigenvalue weighted by atomic mass is 19.1. The fourth-order valence-electron chi connectivity index (χ4n) is 3.93. The number of likely N-dealkylation sites (N-methyl/N-ethyl adjacent to an activating group) is 1. The SMILES string of the molecule is Cc1nc(CCc2cnn(Cc3ccc(F)cn3)c2)nc2c1NC(=O)[C@H](C(C)C)N2C. The Balaban J connectivity index is 1.46. The van der Waals surface area contributed by atoms with Gasteiger partial charge in [0.25, 0.3) is 0 Å². The van der Waals surface area contributed by atoms with Crippen LogP contribution in [0.4, 0.5) is 15.9 Å². The molecule has 3 aromatic rings. The smallest absolute Gasteiger partial charge is 0.247 e. The molecule has 0 saturated carbocycles. The summed E-state index contributed by atoms with van der Waals surface area (Å²) >= 11 is 0. The molecular weight excluding hydrogens is 397 g/mol. The van der Waals surface area contributed by atoms with Gasteiger partial charge in [0.15, 0.2) is 5.82 Å². The Morgan fingerprint density at radius 1 is 1.19 bits per heavy atom. The highest BCUT2D eigenvalue weighted by molar-refractivity contribution is 6.03. The Bertz CT molecular complexity index is 1090. The van der Waals surface area contributed by atoms with E-state index >= 15 is 0 Å². The number of nitrogens with zero attached hydrogens (tertiary/aromatic N) is 6.